The molecule has 0 N–H and O–H groups in total. The molecule has 0 heterocycles. The summed E-state index contributed by atoms with van der Waals surface area (Å²) in [5, 5.41) is 2.07. The van der Waals surface area contributed by atoms with Crippen LogP contribution in [-0.4, -0.2) is 18.2 Å². The summed E-state index contributed by atoms with van der Waals surface area (Å²) in [6, 6.07) is 11.2. The molecule has 16 heavy (non-hydrogen) atoms. The highest BCUT2D eigenvalue weighted by molar-refractivity contribution is 5.19. The van der Waals surface area contributed by atoms with Crippen molar-refractivity contribution in [3.8, 4) is 0 Å². The van der Waals surface area contributed by atoms with Gasteiger partial charge in [-0.3, -0.25) is 0 Å². The van der Waals surface area contributed by atoms with E-state index in [1.54, 1.807) is 7.11 Å². The van der Waals surface area contributed by atoms with Gasteiger partial charge in [-0.25, -0.2) is 0 Å². The molecule has 2 heteroatoms. The molecule has 1 aromatic carbocycles. The largest absolute Gasteiger partial charge is 0.301 e. The van der Waals surface area contributed by atoms with E-state index >= 15 is 0 Å². The highest BCUT2D eigenvalue weighted by atomic mass is 16.7. The Balaban J connectivity index is 2.99. The lowest BCUT2D eigenvalue weighted by Gasteiger charge is -2.35. The Labute approximate surface area is 99.2 Å². The summed E-state index contributed by atoms with van der Waals surface area (Å²) in [7, 11) is 1.75. The Morgan fingerprint density at radius 2 is 1.56 bits per heavy atom. The molecule has 1 aromatic rings. The fourth-order valence-corrected chi connectivity index (χ4v) is 2.12. The second-order valence-electron chi connectivity index (χ2n) is 4.74. The van der Waals surface area contributed by atoms with Gasteiger partial charge in [0.1, 0.15) is 0 Å². The first-order valence-electron chi connectivity index (χ1n) is 5.95. The fourth-order valence-electron chi connectivity index (χ4n) is 2.12. The van der Waals surface area contributed by atoms with Crippen LogP contribution < -0.4 is 0 Å². The molecule has 0 radical (unpaired) electrons. The summed E-state index contributed by atoms with van der Waals surface area (Å²) in [5.74, 6) is 0.518. The SMILES string of the molecule is CON(C(C)C)C(c1ccccc1)C(C)C. The minimum absolute atomic E-state index is 0.311. The third-order valence-electron chi connectivity index (χ3n) is 2.77. The molecule has 1 rings (SSSR count). The lowest BCUT2D eigenvalue weighted by Crippen LogP contribution is -2.36. The van der Waals surface area contributed by atoms with Crippen molar-refractivity contribution < 1.29 is 4.84 Å². The third kappa shape index (κ3) is 3.06. The van der Waals surface area contributed by atoms with Crippen LogP contribution in [0.2, 0.25) is 0 Å². The maximum Gasteiger partial charge on any atom is 0.0627 e. The van der Waals surface area contributed by atoms with Gasteiger partial charge in [-0.05, 0) is 25.3 Å². The second kappa shape index (κ2) is 6.02. The van der Waals surface area contributed by atoms with Crippen molar-refractivity contribution in [3.05, 3.63) is 35.9 Å². The van der Waals surface area contributed by atoms with Gasteiger partial charge < -0.3 is 4.84 Å². The maximum absolute atomic E-state index is 5.52. The fraction of sp³-hybridized carbons (Fsp3) is 0.571. The van der Waals surface area contributed by atoms with Gasteiger partial charge in [0, 0.05) is 6.04 Å². The van der Waals surface area contributed by atoms with E-state index in [1.807, 2.05) is 6.07 Å². The minimum Gasteiger partial charge on any atom is -0.301 e. The van der Waals surface area contributed by atoms with Gasteiger partial charge in [-0.15, -0.1) is 0 Å². The predicted octanol–water partition coefficient (Wildman–Crippen LogP) is 3.66. The average molecular weight is 221 g/mol. The summed E-state index contributed by atoms with van der Waals surface area (Å²) >= 11 is 0. The smallest absolute Gasteiger partial charge is 0.0627 e. The minimum atomic E-state index is 0.311. The summed E-state index contributed by atoms with van der Waals surface area (Å²) in [4.78, 5) is 5.52. The molecule has 90 valence electrons. The Kier molecular flexibility index (Phi) is 4.97. The first-order chi connectivity index (χ1) is 7.57. The number of hydroxylamine groups is 2. The Morgan fingerprint density at radius 3 is 1.94 bits per heavy atom. The molecule has 0 bridgehead atoms. The van der Waals surface area contributed by atoms with E-state index in [-0.39, 0.29) is 0 Å². The number of hydrogen-bond acceptors (Lipinski definition) is 2. The van der Waals surface area contributed by atoms with Crippen molar-refractivity contribution in [1.82, 2.24) is 5.06 Å². The maximum atomic E-state index is 5.52. The Morgan fingerprint density at radius 1 is 1.00 bits per heavy atom. The summed E-state index contributed by atoms with van der Waals surface area (Å²) < 4.78 is 0. The first-order valence-corrected chi connectivity index (χ1v) is 5.95. The summed E-state index contributed by atoms with van der Waals surface area (Å²) in [6.07, 6.45) is 0. The van der Waals surface area contributed by atoms with Gasteiger partial charge >= 0.3 is 0 Å². The van der Waals surface area contributed by atoms with Crippen LogP contribution in [0.1, 0.15) is 39.3 Å². The van der Waals surface area contributed by atoms with Crippen LogP contribution in [0.5, 0.6) is 0 Å². The van der Waals surface area contributed by atoms with E-state index < -0.39 is 0 Å². The zero-order valence-corrected chi connectivity index (χ0v) is 11.0. The highest BCUT2D eigenvalue weighted by Crippen LogP contribution is 2.29. The van der Waals surface area contributed by atoms with E-state index in [0.717, 1.165) is 0 Å². The van der Waals surface area contributed by atoms with Crippen molar-refractivity contribution in [3.63, 3.8) is 0 Å². The van der Waals surface area contributed by atoms with E-state index in [9.17, 15) is 0 Å². The van der Waals surface area contributed by atoms with Gasteiger partial charge in [-0.2, -0.15) is 5.06 Å². The van der Waals surface area contributed by atoms with Crippen molar-refractivity contribution in [2.45, 2.75) is 39.8 Å². The first kappa shape index (κ1) is 13.2. The van der Waals surface area contributed by atoms with Gasteiger partial charge in [0.25, 0.3) is 0 Å². The lowest BCUT2D eigenvalue weighted by molar-refractivity contribution is -0.194. The van der Waals surface area contributed by atoms with E-state index in [1.165, 1.54) is 5.56 Å². The van der Waals surface area contributed by atoms with E-state index in [4.69, 9.17) is 4.84 Å². The lowest BCUT2D eigenvalue weighted by atomic mass is 9.95. The van der Waals surface area contributed by atoms with Gasteiger partial charge in [-0.1, -0.05) is 44.2 Å². The Bertz CT molecular complexity index is 295. The summed E-state index contributed by atoms with van der Waals surface area (Å²) in [6.45, 7) is 8.77. The van der Waals surface area contributed by atoms with Crippen LogP contribution in [0.4, 0.5) is 0 Å². The predicted molar refractivity (Wildman–Crippen MR) is 68.0 cm³/mol. The van der Waals surface area contributed by atoms with Crippen molar-refractivity contribution in [1.29, 1.82) is 0 Å². The topological polar surface area (TPSA) is 12.5 Å². The normalized spacial score (nSPS) is 13.8. The molecule has 0 fully saturated rings. The van der Waals surface area contributed by atoms with Gasteiger partial charge in [0.05, 0.1) is 13.2 Å². The molecule has 0 aliphatic rings. The third-order valence-corrected chi connectivity index (χ3v) is 2.77. The monoisotopic (exact) mass is 221 g/mol. The zero-order chi connectivity index (χ0) is 12.1. The molecule has 0 aromatic heterocycles. The standard InChI is InChI=1S/C14H23NO/c1-11(2)14(15(16-5)12(3)4)13-9-7-6-8-10-13/h6-12,14H,1-5H3. The molecule has 0 saturated carbocycles. The van der Waals surface area contributed by atoms with Crippen LogP contribution >= 0.6 is 0 Å². The molecule has 0 amide bonds. The van der Waals surface area contributed by atoms with Crippen LogP contribution in [0.25, 0.3) is 0 Å². The second-order valence-corrected chi connectivity index (χ2v) is 4.74. The molecule has 0 saturated heterocycles. The molecule has 1 unspecified atom stereocenters. The van der Waals surface area contributed by atoms with Gasteiger partial charge in [0.2, 0.25) is 0 Å². The van der Waals surface area contributed by atoms with Crippen LogP contribution in [-0.2, 0) is 4.84 Å². The number of hydrogen-bond donors (Lipinski definition) is 0. The quantitative estimate of drug-likeness (QED) is 0.704. The van der Waals surface area contributed by atoms with E-state index in [0.29, 0.717) is 18.0 Å². The van der Waals surface area contributed by atoms with Gasteiger partial charge in [0.15, 0.2) is 0 Å². The van der Waals surface area contributed by atoms with Crippen LogP contribution in [0.3, 0.4) is 0 Å². The molecule has 0 aliphatic heterocycles. The van der Waals surface area contributed by atoms with Crippen LogP contribution in [0.15, 0.2) is 30.3 Å². The average Bonchev–Trinajstić information content (AvgIpc) is 2.25. The van der Waals surface area contributed by atoms with Crippen molar-refractivity contribution in [2.24, 2.45) is 5.92 Å². The molecule has 1 atom stereocenters. The van der Waals surface area contributed by atoms with Crippen LogP contribution in [0, 0.1) is 5.92 Å². The number of rotatable bonds is 5. The number of nitrogens with zero attached hydrogens (tertiary/aromatic N) is 1. The van der Waals surface area contributed by atoms with Crippen molar-refractivity contribution >= 4 is 0 Å². The van der Waals surface area contributed by atoms with E-state index in [2.05, 4.69) is 57.0 Å². The van der Waals surface area contributed by atoms with Crippen molar-refractivity contribution in [2.75, 3.05) is 7.11 Å². The molecular formula is C14H23NO. The summed E-state index contributed by atoms with van der Waals surface area (Å²) in [5.41, 5.74) is 1.31. The molecule has 0 spiro atoms. The molecular weight excluding hydrogens is 198 g/mol. The molecule has 0 aliphatic carbocycles. The zero-order valence-electron chi connectivity index (χ0n) is 11.0. The Hall–Kier alpha value is -0.860. The molecule has 2 nitrogen and oxygen atoms in total. The highest BCUT2D eigenvalue weighted by Gasteiger charge is 2.25. The number of benzene rings is 1.